The van der Waals surface area contributed by atoms with Crippen molar-refractivity contribution in [2.75, 3.05) is 23.8 Å². The molecular weight excluding hydrogens is 310 g/mol. The molecule has 1 aliphatic rings. The Labute approximate surface area is 131 Å². The molecule has 0 radical (unpaired) electrons. The van der Waals surface area contributed by atoms with Crippen LogP contribution in [-0.4, -0.2) is 55.9 Å². The third-order valence-electron chi connectivity index (χ3n) is 3.34. The lowest BCUT2D eigenvalue weighted by molar-refractivity contribution is -0.117. The number of carbonyl (C=O) groups excluding carboxylic acids is 2. The first-order valence-corrected chi connectivity index (χ1v) is 7.76. The lowest BCUT2D eigenvalue weighted by atomic mass is 10.1. The second-order valence-corrected chi connectivity index (χ2v) is 6.21. The van der Waals surface area contributed by atoms with Gasteiger partial charge in [-0.15, -0.1) is 0 Å². The highest BCUT2D eigenvalue weighted by Gasteiger charge is 2.35. The number of anilines is 1. The smallest absolute Gasteiger partial charge is 0.341 e. The van der Waals surface area contributed by atoms with Gasteiger partial charge < -0.3 is 10.2 Å². The summed E-state index contributed by atoms with van der Waals surface area (Å²) in [6.07, 6.45) is 1.45. The third-order valence-corrected chi connectivity index (χ3v) is 4.38. The van der Waals surface area contributed by atoms with E-state index < -0.39 is 5.97 Å². The van der Waals surface area contributed by atoms with Crippen LogP contribution in [0.4, 0.5) is 5.82 Å². The fourth-order valence-electron chi connectivity index (χ4n) is 2.41. The first kappa shape index (κ1) is 16.5. The number of hydrogen-bond donors (Lipinski definition) is 2. The van der Waals surface area contributed by atoms with E-state index in [1.165, 1.54) is 22.7 Å². The number of aromatic nitrogens is 2. The molecule has 2 heterocycles. The lowest BCUT2D eigenvalue weighted by Gasteiger charge is -2.19. The highest BCUT2D eigenvalue weighted by atomic mass is 32.2. The van der Waals surface area contributed by atoms with Gasteiger partial charge in [0.25, 0.3) is 0 Å². The molecule has 1 aromatic heterocycles. The monoisotopic (exact) mass is 327 g/mol. The second kappa shape index (κ2) is 6.93. The van der Waals surface area contributed by atoms with Gasteiger partial charge in [0.15, 0.2) is 5.12 Å². The Hall–Kier alpha value is -1.87. The highest BCUT2D eigenvalue weighted by molar-refractivity contribution is 8.13. The molecule has 0 aliphatic carbocycles. The van der Waals surface area contributed by atoms with Gasteiger partial charge in [-0.2, -0.15) is 5.10 Å². The Morgan fingerprint density at radius 2 is 2.23 bits per heavy atom. The van der Waals surface area contributed by atoms with Crippen molar-refractivity contribution in [1.29, 1.82) is 0 Å². The number of carboxylic acid groups (broad SMARTS) is 1. The lowest BCUT2D eigenvalue weighted by Crippen LogP contribution is -2.29. The molecule has 9 heteroatoms. The number of nitrogens with zero attached hydrogens (tertiary/aromatic N) is 3. The van der Waals surface area contributed by atoms with Crippen LogP contribution in [-0.2, 0) is 16.1 Å². The van der Waals surface area contributed by atoms with Crippen molar-refractivity contribution in [3.8, 4) is 0 Å². The minimum absolute atomic E-state index is 0.0116. The van der Waals surface area contributed by atoms with Crippen LogP contribution in [0, 0.1) is 5.92 Å². The molecule has 2 N–H and O–H groups in total. The number of hydrogen-bond acceptors (Lipinski definition) is 6. The summed E-state index contributed by atoms with van der Waals surface area (Å²) in [5.41, 5.74) is -0.0679. The van der Waals surface area contributed by atoms with Crippen molar-refractivity contribution in [2.45, 2.75) is 19.9 Å². The number of aliphatic hydroxyl groups excluding tert-OH is 1. The van der Waals surface area contributed by atoms with Gasteiger partial charge in [-0.05, 0) is 5.92 Å². The molecule has 1 atom stereocenters. The molecule has 1 saturated heterocycles. The SMILES string of the molecule is CC(=O)SCC1CC(=O)N(c2c(C(=O)O)cnn2CCO)C1. The van der Waals surface area contributed by atoms with Gasteiger partial charge in [0.05, 0.1) is 19.3 Å². The first-order chi connectivity index (χ1) is 10.4. The Balaban J connectivity index is 2.23. The summed E-state index contributed by atoms with van der Waals surface area (Å²) in [6, 6.07) is 0. The summed E-state index contributed by atoms with van der Waals surface area (Å²) in [4.78, 5) is 35.9. The van der Waals surface area contributed by atoms with Crippen molar-refractivity contribution in [3.63, 3.8) is 0 Å². The molecule has 1 unspecified atom stereocenters. The molecule has 0 bridgehead atoms. The highest BCUT2D eigenvalue weighted by Crippen LogP contribution is 2.30. The van der Waals surface area contributed by atoms with Crippen LogP contribution >= 0.6 is 11.8 Å². The van der Waals surface area contributed by atoms with E-state index in [0.29, 0.717) is 12.3 Å². The van der Waals surface area contributed by atoms with Gasteiger partial charge in [-0.25, -0.2) is 9.48 Å². The van der Waals surface area contributed by atoms with Gasteiger partial charge in [-0.3, -0.25) is 14.5 Å². The van der Waals surface area contributed by atoms with Gasteiger partial charge >= 0.3 is 5.97 Å². The van der Waals surface area contributed by atoms with Crippen molar-refractivity contribution in [1.82, 2.24) is 9.78 Å². The number of amides is 1. The van der Waals surface area contributed by atoms with Crippen LogP contribution < -0.4 is 4.90 Å². The van der Waals surface area contributed by atoms with Crippen LogP contribution in [0.25, 0.3) is 0 Å². The molecule has 0 aromatic carbocycles. The Morgan fingerprint density at radius 3 is 2.82 bits per heavy atom. The van der Waals surface area contributed by atoms with Gasteiger partial charge in [0, 0.05) is 25.6 Å². The number of aliphatic hydroxyl groups is 1. The summed E-state index contributed by atoms with van der Waals surface area (Å²) in [5, 5.41) is 22.2. The largest absolute Gasteiger partial charge is 0.477 e. The molecule has 120 valence electrons. The van der Waals surface area contributed by atoms with E-state index in [1.54, 1.807) is 0 Å². The first-order valence-electron chi connectivity index (χ1n) is 6.77. The van der Waals surface area contributed by atoms with Gasteiger partial charge in [-0.1, -0.05) is 11.8 Å². The number of aromatic carboxylic acids is 1. The summed E-state index contributed by atoms with van der Waals surface area (Å²) in [5.74, 6) is -0.666. The maximum atomic E-state index is 12.2. The number of carbonyl (C=O) groups is 3. The molecular formula is C13H17N3O5S. The topological polar surface area (TPSA) is 113 Å². The van der Waals surface area contributed by atoms with Crippen molar-refractivity contribution in [3.05, 3.63) is 11.8 Å². The van der Waals surface area contributed by atoms with Gasteiger partial charge in [0.2, 0.25) is 5.91 Å². The predicted octanol–water partition coefficient (Wildman–Crippen LogP) is 0.206. The normalized spacial score (nSPS) is 18.0. The van der Waals surface area contributed by atoms with E-state index in [4.69, 9.17) is 5.11 Å². The molecule has 1 aromatic rings. The van der Waals surface area contributed by atoms with Crippen LogP contribution in [0.2, 0.25) is 0 Å². The second-order valence-electron chi connectivity index (χ2n) is 5.01. The maximum Gasteiger partial charge on any atom is 0.341 e. The molecule has 0 spiro atoms. The molecule has 2 rings (SSSR count). The van der Waals surface area contributed by atoms with Crippen LogP contribution in [0.5, 0.6) is 0 Å². The average Bonchev–Trinajstić information content (AvgIpc) is 3.00. The zero-order valence-corrected chi connectivity index (χ0v) is 12.9. The number of thioether (sulfide) groups is 1. The van der Waals surface area contributed by atoms with E-state index in [0.717, 1.165) is 11.8 Å². The molecule has 22 heavy (non-hydrogen) atoms. The molecule has 1 amide bonds. The summed E-state index contributed by atoms with van der Waals surface area (Å²) < 4.78 is 1.32. The minimum atomic E-state index is -1.17. The quantitative estimate of drug-likeness (QED) is 0.767. The van der Waals surface area contributed by atoms with E-state index >= 15 is 0 Å². The zero-order valence-electron chi connectivity index (χ0n) is 12.1. The van der Waals surface area contributed by atoms with E-state index in [-0.39, 0.29) is 47.9 Å². The van der Waals surface area contributed by atoms with Crippen molar-refractivity contribution in [2.24, 2.45) is 5.92 Å². The summed E-state index contributed by atoms with van der Waals surface area (Å²) in [7, 11) is 0. The molecule has 1 fully saturated rings. The predicted molar refractivity (Wildman–Crippen MR) is 79.9 cm³/mol. The summed E-state index contributed by atoms with van der Waals surface area (Å²) in [6.45, 7) is 1.72. The van der Waals surface area contributed by atoms with Crippen molar-refractivity contribution < 1.29 is 24.6 Å². The number of rotatable bonds is 6. The molecule has 8 nitrogen and oxygen atoms in total. The Bertz CT molecular complexity index is 600. The average molecular weight is 327 g/mol. The fourth-order valence-corrected chi connectivity index (χ4v) is 3.10. The standard InChI is InChI=1S/C13H17N3O5S/c1-8(18)22-7-9-4-11(19)15(6-9)12-10(13(20)21)5-14-16(12)2-3-17/h5,9,17H,2-4,6-7H2,1H3,(H,20,21). The van der Waals surface area contributed by atoms with E-state index in [9.17, 15) is 19.5 Å². The minimum Gasteiger partial charge on any atom is -0.477 e. The zero-order chi connectivity index (χ0) is 16.3. The molecule has 0 saturated carbocycles. The summed E-state index contributed by atoms with van der Waals surface area (Å²) >= 11 is 1.16. The fraction of sp³-hybridized carbons (Fsp3) is 0.538. The number of carboxylic acids is 1. The van der Waals surface area contributed by atoms with Crippen molar-refractivity contribution >= 4 is 34.6 Å². The van der Waals surface area contributed by atoms with E-state index in [1.807, 2.05) is 0 Å². The van der Waals surface area contributed by atoms with Crippen LogP contribution in [0.3, 0.4) is 0 Å². The Kier molecular flexibility index (Phi) is 5.19. The van der Waals surface area contributed by atoms with E-state index in [2.05, 4.69) is 5.10 Å². The Morgan fingerprint density at radius 1 is 1.50 bits per heavy atom. The molecule has 1 aliphatic heterocycles. The van der Waals surface area contributed by atoms with Crippen LogP contribution in [0.1, 0.15) is 23.7 Å². The third kappa shape index (κ3) is 3.47. The maximum absolute atomic E-state index is 12.2. The van der Waals surface area contributed by atoms with Gasteiger partial charge in [0.1, 0.15) is 11.4 Å². The van der Waals surface area contributed by atoms with Crippen LogP contribution in [0.15, 0.2) is 6.20 Å².